The summed E-state index contributed by atoms with van der Waals surface area (Å²) in [5.41, 5.74) is 0.874. The molecule has 1 fully saturated rings. The number of carbonyl (C=O) groups is 2. The molecule has 0 aromatic carbocycles. The molecule has 1 heterocycles. The molecule has 1 saturated carbocycles. The quantitative estimate of drug-likeness (QED) is 0.865. The standard InChI is InChI=1S/C16H24N2O4/c1-11-13(10-22-18-11)15(19)17-14(16(20)21-2)12-8-6-4-3-5-7-9-12/h10,12,14H,3-9H2,1-2H3,(H,17,19). The molecular formula is C16H24N2O4. The van der Waals surface area contributed by atoms with Gasteiger partial charge < -0.3 is 14.6 Å². The van der Waals surface area contributed by atoms with Crippen molar-refractivity contribution < 1.29 is 18.8 Å². The Kier molecular flexibility index (Phi) is 5.98. The Morgan fingerprint density at radius 3 is 2.45 bits per heavy atom. The molecule has 1 aliphatic carbocycles. The zero-order chi connectivity index (χ0) is 15.9. The SMILES string of the molecule is COC(=O)C(NC(=O)c1conc1C)C1CCCCCCC1. The molecule has 1 aromatic rings. The fourth-order valence-electron chi connectivity index (χ4n) is 3.05. The van der Waals surface area contributed by atoms with E-state index in [0.29, 0.717) is 11.3 Å². The lowest BCUT2D eigenvalue weighted by Gasteiger charge is -2.27. The largest absolute Gasteiger partial charge is 0.467 e. The predicted octanol–water partition coefficient (Wildman–Crippen LogP) is 2.61. The second-order valence-electron chi connectivity index (χ2n) is 5.89. The number of ether oxygens (including phenoxy) is 1. The summed E-state index contributed by atoms with van der Waals surface area (Å²) in [4.78, 5) is 24.5. The lowest BCUT2D eigenvalue weighted by molar-refractivity contribution is -0.144. The summed E-state index contributed by atoms with van der Waals surface area (Å²) in [5, 5.41) is 6.51. The topological polar surface area (TPSA) is 81.4 Å². The van der Waals surface area contributed by atoms with E-state index in [1.54, 1.807) is 6.92 Å². The van der Waals surface area contributed by atoms with E-state index in [2.05, 4.69) is 10.5 Å². The third-order valence-corrected chi connectivity index (χ3v) is 4.36. The third-order valence-electron chi connectivity index (χ3n) is 4.36. The van der Waals surface area contributed by atoms with Crippen LogP contribution in [0, 0.1) is 12.8 Å². The highest BCUT2D eigenvalue weighted by atomic mass is 16.5. The van der Waals surface area contributed by atoms with E-state index in [1.165, 1.54) is 32.6 Å². The number of nitrogens with zero attached hydrogens (tertiary/aromatic N) is 1. The number of aryl methyl sites for hydroxylation is 1. The normalized spacial score (nSPS) is 18.1. The van der Waals surface area contributed by atoms with Crippen LogP contribution in [0.2, 0.25) is 0 Å². The zero-order valence-electron chi connectivity index (χ0n) is 13.3. The van der Waals surface area contributed by atoms with Crippen LogP contribution in [0.5, 0.6) is 0 Å². The van der Waals surface area contributed by atoms with Crippen molar-refractivity contribution in [3.8, 4) is 0 Å². The predicted molar refractivity (Wildman–Crippen MR) is 80.3 cm³/mol. The zero-order valence-corrected chi connectivity index (χ0v) is 13.3. The van der Waals surface area contributed by atoms with Crippen LogP contribution >= 0.6 is 0 Å². The highest BCUT2D eigenvalue weighted by Crippen LogP contribution is 2.26. The van der Waals surface area contributed by atoms with E-state index in [0.717, 1.165) is 25.7 Å². The molecule has 0 saturated heterocycles. The molecule has 0 spiro atoms. The molecule has 1 aliphatic rings. The van der Waals surface area contributed by atoms with Crippen molar-refractivity contribution in [1.82, 2.24) is 10.5 Å². The number of esters is 1. The van der Waals surface area contributed by atoms with Crippen molar-refractivity contribution in [1.29, 1.82) is 0 Å². The first kappa shape index (κ1) is 16.5. The summed E-state index contributed by atoms with van der Waals surface area (Å²) < 4.78 is 9.68. The van der Waals surface area contributed by atoms with Crippen molar-refractivity contribution in [2.24, 2.45) is 5.92 Å². The van der Waals surface area contributed by atoms with Crippen LogP contribution in [0.1, 0.15) is 61.0 Å². The van der Waals surface area contributed by atoms with Gasteiger partial charge in [-0.05, 0) is 25.7 Å². The van der Waals surface area contributed by atoms with Gasteiger partial charge in [0.1, 0.15) is 17.9 Å². The molecule has 22 heavy (non-hydrogen) atoms. The Hall–Kier alpha value is -1.85. The molecule has 1 amide bonds. The number of amides is 1. The summed E-state index contributed by atoms with van der Waals surface area (Å²) in [6.45, 7) is 1.70. The van der Waals surface area contributed by atoms with Gasteiger partial charge in [-0.25, -0.2) is 4.79 Å². The van der Waals surface area contributed by atoms with Crippen LogP contribution < -0.4 is 5.32 Å². The molecule has 6 nitrogen and oxygen atoms in total. The molecule has 1 atom stereocenters. The Balaban J connectivity index is 2.09. The minimum absolute atomic E-state index is 0.122. The number of aromatic nitrogens is 1. The smallest absolute Gasteiger partial charge is 0.328 e. The van der Waals surface area contributed by atoms with E-state index in [1.807, 2.05) is 0 Å². The van der Waals surface area contributed by atoms with E-state index in [4.69, 9.17) is 9.26 Å². The van der Waals surface area contributed by atoms with Gasteiger partial charge in [-0.3, -0.25) is 4.79 Å². The lowest BCUT2D eigenvalue weighted by atomic mass is 9.85. The number of carbonyl (C=O) groups excluding carboxylic acids is 2. The first-order valence-corrected chi connectivity index (χ1v) is 7.93. The van der Waals surface area contributed by atoms with Crippen LogP contribution in [0.15, 0.2) is 10.8 Å². The maximum absolute atomic E-state index is 12.3. The van der Waals surface area contributed by atoms with Crippen LogP contribution in [-0.2, 0) is 9.53 Å². The molecule has 1 N–H and O–H groups in total. The molecule has 0 aliphatic heterocycles. The van der Waals surface area contributed by atoms with Gasteiger partial charge in [-0.15, -0.1) is 0 Å². The highest BCUT2D eigenvalue weighted by molar-refractivity contribution is 5.97. The molecule has 1 unspecified atom stereocenters. The molecule has 0 bridgehead atoms. The van der Waals surface area contributed by atoms with Gasteiger partial charge in [0, 0.05) is 0 Å². The Labute approximate surface area is 130 Å². The lowest BCUT2D eigenvalue weighted by Crippen LogP contribution is -2.46. The van der Waals surface area contributed by atoms with Gasteiger partial charge in [0.15, 0.2) is 0 Å². The summed E-state index contributed by atoms with van der Waals surface area (Å²) in [7, 11) is 1.36. The fraction of sp³-hybridized carbons (Fsp3) is 0.688. The van der Waals surface area contributed by atoms with Gasteiger partial charge in [0.25, 0.3) is 5.91 Å². The van der Waals surface area contributed by atoms with Gasteiger partial charge in [0.2, 0.25) is 0 Å². The van der Waals surface area contributed by atoms with Crippen molar-refractivity contribution in [2.75, 3.05) is 7.11 Å². The maximum Gasteiger partial charge on any atom is 0.328 e. The van der Waals surface area contributed by atoms with Crippen LogP contribution in [0.3, 0.4) is 0 Å². The molecule has 1 aromatic heterocycles. The molecule has 2 rings (SSSR count). The van der Waals surface area contributed by atoms with Crippen molar-refractivity contribution in [2.45, 2.75) is 57.9 Å². The minimum atomic E-state index is -0.607. The second-order valence-corrected chi connectivity index (χ2v) is 5.89. The summed E-state index contributed by atoms with van der Waals surface area (Å²) >= 11 is 0. The first-order valence-electron chi connectivity index (χ1n) is 7.93. The van der Waals surface area contributed by atoms with Gasteiger partial charge >= 0.3 is 5.97 Å². The first-order chi connectivity index (χ1) is 10.6. The Morgan fingerprint density at radius 1 is 1.27 bits per heavy atom. The average molecular weight is 308 g/mol. The van der Waals surface area contributed by atoms with E-state index in [9.17, 15) is 9.59 Å². The van der Waals surface area contributed by atoms with Gasteiger partial charge in [-0.2, -0.15) is 0 Å². The van der Waals surface area contributed by atoms with Crippen LogP contribution in [-0.4, -0.2) is 30.2 Å². The number of nitrogens with one attached hydrogen (secondary N) is 1. The Bertz CT molecular complexity index is 504. The van der Waals surface area contributed by atoms with Gasteiger partial charge in [0.05, 0.1) is 12.8 Å². The van der Waals surface area contributed by atoms with E-state index >= 15 is 0 Å². The molecule has 0 radical (unpaired) electrons. The molecular weight excluding hydrogens is 284 g/mol. The Morgan fingerprint density at radius 2 is 1.91 bits per heavy atom. The second kappa shape index (κ2) is 7.96. The number of methoxy groups -OCH3 is 1. The summed E-state index contributed by atoms with van der Waals surface area (Å²) in [5.74, 6) is -0.596. The van der Waals surface area contributed by atoms with E-state index < -0.39 is 6.04 Å². The fourth-order valence-corrected chi connectivity index (χ4v) is 3.05. The molecule has 122 valence electrons. The van der Waals surface area contributed by atoms with Crippen LogP contribution in [0.25, 0.3) is 0 Å². The van der Waals surface area contributed by atoms with Crippen molar-refractivity contribution >= 4 is 11.9 Å². The van der Waals surface area contributed by atoms with Crippen molar-refractivity contribution in [3.05, 3.63) is 17.5 Å². The maximum atomic E-state index is 12.3. The highest BCUT2D eigenvalue weighted by Gasteiger charge is 2.31. The number of rotatable bonds is 4. The monoisotopic (exact) mass is 308 g/mol. The third kappa shape index (κ3) is 4.08. The average Bonchev–Trinajstić information content (AvgIpc) is 2.90. The van der Waals surface area contributed by atoms with Crippen LogP contribution in [0.4, 0.5) is 0 Å². The number of hydrogen-bond donors (Lipinski definition) is 1. The van der Waals surface area contributed by atoms with Crippen molar-refractivity contribution in [3.63, 3.8) is 0 Å². The summed E-state index contributed by atoms with van der Waals surface area (Å²) in [6, 6.07) is -0.607. The van der Waals surface area contributed by atoms with Gasteiger partial charge in [-0.1, -0.05) is 37.3 Å². The summed E-state index contributed by atoms with van der Waals surface area (Å²) in [6.07, 6.45) is 8.96. The number of hydrogen-bond acceptors (Lipinski definition) is 5. The minimum Gasteiger partial charge on any atom is -0.467 e. The molecule has 6 heteroatoms. The van der Waals surface area contributed by atoms with E-state index in [-0.39, 0.29) is 17.8 Å².